The van der Waals surface area contributed by atoms with Crippen molar-refractivity contribution in [3.63, 3.8) is 0 Å². The van der Waals surface area contributed by atoms with E-state index in [-0.39, 0.29) is 11.5 Å². The van der Waals surface area contributed by atoms with E-state index in [0.29, 0.717) is 22.7 Å². The summed E-state index contributed by atoms with van der Waals surface area (Å²) in [7, 11) is 1.84. The molecule has 0 radical (unpaired) electrons. The molecule has 2 heterocycles. The van der Waals surface area contributed by atoms with E-state index in [0.717, 1.165) is 34.7 Å². The fourth-order valence-corrected chi connectivity index (χ4v) is 4.11. The van der Waals surface area contributed by atoms with Crippen molar-refractivity contribution in [3.05, 3.63) is 26.6 Å². The molecule has 0 aliphatic heterocycles. The Labute approximate surface area is 144 Å². The van der Waals surface area contributed by atoms with Crippen LogP contribution in [0.4, 0.5) is 0 Å². The molecule has 0 aliphatic rings. The summed E-state index contributed by atoms with van der Waals surface area (Å²) in [6.45, 7) is 6.86. The summed E-state index contributed by atoms with van der Waals surface area (Å²) < 4.78 is 0. The maximum Gasteiger partial charge on any atom is 0.259 e. The Balaban J connectivity index is 1.98. The number of unbranched alkanes of at least 4 members (excludes halogenated alkanes) is 1. The predicted octanol–water partition coefficient (Wildman–Crippen LogP) is 3.09. The molecule has 0 saturated carbocycles. The van der Waals surface area contributed by atoms with Crippen molar-refractivity contribution in [1.29, 1.82) is 0 Å². The second-order valence-electron chi connectivity index (χ2n) is 5.64. The fraction of sp³-hybridized carbons (Fsp3) is 0.562. The molecule has 0 aromatic carbocycles. The van der Waals surface area contributed by atoms with E-state index in [9.17, 15) is 9.59 Å². The third-order valence-electron chi connectivity index (χ3n) is 3.83. The Hall–Kier alpha value is -1.34. The van der Waals surface area contributed by atoms with E-state index in [1.54, 1.807) is 16.2 Å². The number of hydrogen-bond donors (Lipinski definition) is 1. The highest BCUT2D eigenvalue weighted by atomic mass is 32.2. The molecular weight excluding hydrogens is 330 g/mol. The number of rotatable bonds is 7. The van der Waals surface area contributed by atoms with Crippen LogP contribution in [0.1, 0.15) is 36.0 Å². The molecule has 0 spiro atoms. The lowest BCUT2D eigenvalue weighted by Gasteiger charge is -2.16. The van der Waals surface area contributed by atoms with Gasteiger partial charge >= 0.3 is 0 Å². The number of aromatic amines is 1. The zero-order valence-electron chi connectivity index (χ0n) is 14.1. The van der Waals surface area contributed by atoms with Crippen LogP contribution in [0.15, 0.2) is 4.79 Å². The molecule has 2 aromatic heterocycles. The van der Waals surface area contributed by atoms with E-state index in [4.69, 9.17) is 0 Å². The van der Waals surface area contributed by atoms with Crippen LogP contribution in [0.25, 0.3) is 10.2 Å². The van der Waals surface area contributed by atoms with E-state index >= 15 is 0 Å². The molecule has 2 aromatic rings. The van der Waals surface area contributed by atoms with Crippen LogP contribution in [0.5, 0.6) is 0 Å². The second-order valence-corrected chi connectivity index (χ2v) is 7.83. The molecule has 0 bridgehead atoms. The Morgan fingerprint density at radius 2 is 2.13 bits per heavy atom. The summed E-state index contributed by atoms with van der Waals surface area (Å²) in [4.78, 5) is 35.2. The standard InChI is InChI=1S/C16H23N3O2S2/c1-5-6-7-19(4)13(20)9-22-8-12-17-15(21)14-10(2)11(3)23-16(14)18-12/h5-9H2,1-4H3,(H,17,18,21). The minimum Gasteiger partial charge on any atom is -0.345 e. The lowest BCUT2D eigenvalue weighted by molar-refractivity contribution is -0.127. The first-order valence-corrected chi connectivity index (χ1v) is 9.71. The largest absolute Gasteiger partial charge is 0.345 e. The van der Waals surface area contributed by atoms with Crippen molar-refractivity contribution >= 4 is 39.2 Å². The van der Waals surface area contributed by atoms with E-state index < -0.39 is 0 Å². The number of nitrogens with zero attached hydrogens (tertiary/aromatic N) is 2. The zero-order valence-corrected chi connectivity index (χ0v) is 15.7. The lowest BCUT2D eigenvalue weighted by Crippen LogP contribution is -2.29. The molecule has 126 valence electrons. The van der Waals surface area contributed by atoms with E-state index in [1.165, 1.54) is 11.8 Å². The summed E-state index contributed by atoms with van der Waals surface area (Å²) in [6.07, 6.45) is 2.10. The number of H-pyrrole nitrogens is 1. The van der Waals surface area contributed by atoms with Gasteiger partial charge in [0.15, 0.2) is 0 Å². The third kappa shape index (κ3) is 4.35. The maximum absolute atomic E-state index is 12.2. The summed E-state index contributed by atoms with van der Waals surface area (Å²) in [6, 6.07) is 0. The summed E-state index contributed by atoms with van der Waals surface area (Å²) in [5.41, 5.74) is 0.921. The van der Waals surface area contributed by atoms with Crippen LogP contribution in [-0.2, 0) is 10.5 Å². The molecule has 0 saturated heterocycles. The van der Waals surface area contributed by atoms with Crippen molar-refractivity contribution in [2.24, 2.45) is 0 Å². The number of aromatic nitrogens is 2. The lowest BCUT2D eigenvalue weighted by atomic mass is 10.2. The van der Waals surface area contributed by atoms with Crippen LogP contribution >= 0.6 is 23.1 Å². The zero-order chi connectivity index (χ0) is 17.0. The van der Waals surface area contributed by atoms with Gasteiger partial charge in [0.1, 0.15) is 10.7 Å². The van der Waals surface area contributed by atoms with Gasteiger partial charge in [0.2, 0.25) is 5.91 Å². The molecule has 0 unspecified atom stereocenters. The van der Waals surface area contributed by atoms with Crippen molar-refractivity contribution in [2.75, 3.05) is 19.3 Å². The minimum absolute atomic E-state index is 0.0844. The van der Waals surface area contributed by atoms with E-state index in [2.05, 4.69) is 16.9 Å². The summed E-state index contributed by atoms with van der Waals surface area (Å²) in [5.74, 6) is 1.70. The fourth-order valence-electron chi connectivity index (χ4n) is 2.23. The van der Waals surface area contributed by atoms with E-state index in [1.807, 2.05) is 20.9 Å². The Morgan fingerprint density at radius 1 is 1.39 bits per heavy atom. The number of thioether (sulfide) groups is 1. The highest BCUT2D eigenvalue weighted by molar-refractivity contribution is 7.99. The highest BCUT2D eigenvalue weighted by Crippen LogP contribution is 2.26. The monoisotopic (exact) mass is 353 g/mol. The Morgan fingerprint density at radius 3 is 2.83 bits per heavy atom. The smallest absolute Gasteiger partial charge is 0.259 e. The van der Waals surface area contributed by atoms with Crippen LogP contribution in [-0.4, -0.2) is 40.1 Å². The number of fused-ring (bicyclic) bond motifs is 1. The van der Waals surface area contributed by atoms with Gasteiger partial charge in [-0.1, -0.05) is 13.3 Å². The van der Waals surface area contributed by atoms with Crippen molar-refractivity contribution in [1.82, 2.24) is 14.9 Å². The van der Waals surface area contributed by atoms with Crippen molar-refractivity contribution < 1.29 is 4.79 Å². The first-order chi connectivity index (χ1) is 10.9. The van der Waals surface area contributed by atoms with Crippen molar-refractivity contribution in [3.8, 4) is 0 Å². The SMILES string of the molecule is CCCCN(C)C(=O)CSCc1nc2sc(C)c(C)c2c(=O)[nH]1. The van der Waals surface area contributed by atoms with Crippen molar-refractivity contribution in [2.45, 2.75) is 39.4 Å². The molecule has 5 nitrogen and oxygen atoms in total. The molecule has 7 heteroatoms. The number of amides is 1. The van der Waals surface area contributed by atoms with Crippen LogP contribution in [0, 0.1) is 13.8 Å². The number of hydrogen-bond acceptors (Lipinski definition) is 5. The first kappa shape index (κ1) is 18.0. The average Bonchev–Trinajstić information content (AvgIpc) is 2.79. The summed E-state index contributed by atoms with van der Waals surface area (Å²) in [5, 5.41) is 0.691. The molecule has 1 amide bonds. The van der Waals surface area contributed by atoms with Gasteiger partial charge in [-0.3, -0.25) is 9.59 Å². The van der Waals surface area contributed by atoms with Gasteiger partial charge in [-0.15, -0.1) is 23.1 Å². The number of nitrogens with one attached hydrogen (secondary N) is 1. The number of aryl methyl sites for hydroxylation is 2. The predicted molar refractivity (Wildman–Crippen MR) is 98.4 cm³/mol. The Kier molecular flexibility index (Phi) is 6.24. The quantitative estimate of drug-likeness (QED) is 0.831. The molecule has 0 aliphatic carbocycles. The Bertz CT molecular complexity index is 752. The molecule has 23 heavy (non-hydrogen) atoms. The summed E-state index contributed by atoms with van der Waals surface area (Å²) >= 11 is 3.03. The van der Waals surface area contributed by atoms with Gasteiger partial charge < -0.3 is 9.88 Å². The highest BCUT2D eigenvalue weighted by Gasteiger charge is 2.13. The minimum atomic E-state index is -0.0844. The normalized spacial score (nSPS) is 11.1. The second kappa shape index (κ2) is 7.97. The first-order valence-electron chi connectivity index (χ1n) is 7.74. The number of carbonyl (C=O) groups excluding carboxylic acids is 1. The maximum atomic E-state index is 12.2. The van der Waals surface area contributed by atoms with Gasteiger partial charge in [-0.2, -0.15) is 0 Å². The third-order valence-corrected chi connectivity index (χ3v) is 5.86. The van der Waals surface area contributed by atoms with Crippen LogP contribution in [0.2, 0.25) is 0 Å². The van der Waals surface area contributed by atoms with Gasteiger partial charge in [-0.05, 0) is 25.8 Å². The van der Waals surface area contributed by atoms with Gasteiger partial charge in [0.05, 0.1) is 16.9 Å². The molecule has 2 rings (SSSR count). The number of thiophene rings is 1. The number of carbonyl (C=O) groups is 1. The van der Waals surface area contributed by atoms with Gasteiger partial charge in [0, 0.05) is 18.5 Å². The van der Waals surface area contributed by atoms with Crippen LogP contribution in [0.3, 0.4) is 0 Å². The molecule has 0 fully saturated rings. The van der Waals surface area contributed by atoms with Gasteiger partial charge in [0.25, 0.3) is 5.56 Å². The molecular formula is C16H23N3O2S2. The average molecular weight is 354 g/mol. The molecule has 0 atom stereocenters. The van der Waals surface area contributed by atoms with Gasteiger partial charge in [-0.25, -0.2) is 4.98 Å². The topological polar surface area (TPSA) is 66.1 Å². The molecule has 1 N–H and O–H groups in total. The van der Waals surface area contributed by atoms with Crippen LogP contribution < -0.4 is 5.56 Å².